The van der Waals surface area contributed by atoms with Crippen LogP contribution in [0, 0.1) is 0 Å². The average Bonchev–Trinajstić information content (AvgIpc) is 2.95. The summed E-state index contributed by atoms with van der Waals surface area (Å²) in [5.41, 5.74) is 0.959. The molecule has 1 aromatic heterocycles. The summed E-state index contributed by atoms with van der Waals surface area (Å²) in [6, 6.07) is 10.9. The van der Waals surface area contributed by atoms with E-state index in [-0.39, 0.29) is 29.7 Å². The summed E-state index contributed by atoms with van der Waals surface area (Å²) < 4.78 is 5.26. The van der Waals surface area contributed by atoms with Crippen molar-refractivity contribution in [2.45, 2.75) is 20.0 Å². The highest BCUT2D eigenvalue weighted by atomic mass is 127. The fourth-order valence-corrected chi connectivity index (χ4v) is 1.75. The molecule has 0 aliphatic carbocycles. The number of rotatable bonds is 5. The molecule has 1 aromatic carbocycles. The highest BCUT2D eigenvalue weighted by Gasteiger charge is 2.00. The molecule has 0 unspecified atom stereocenters. The Morgan fingerprint density at radius 1 is 1.24 bits per heavy atom. The van der Waals surface area contributed by atoms with Crippen molar-refractivity contribution in [3.8, 4) is 5.75 Å². The number of aliphatic imine (C=N–C) groups is 1. The molecule has 0 radical (unpaired) electrons. The largest absolute Gasteiger partial charge is 0.508 e. The van der Waals surface area contributed by atoms with E-state index in [1.54, 1.807) is 18.4 Å². The molecule has 0 saturated carbocycles. The van der Waals surface area contributed by atoms with E-state index in [9.17, 15) is 5.11 Å². The van der Waals surface area contributed by atoms with Crippen molar-refractivity contribution in [1.29, 1.82) is 0 Å². The van der Waals surface area contributed by atoms with E-state index in [1.165, 1.54) is 0 Å². The van der Waals surface area contributed by atoms with Crippen molar-refractivity contribution in [3.05, 3.63) is 54.0 Å². The maximum absolute atomic E-state index is 9.42. The van der Waals surface area contributed by atoms with Gasteiger partial charge in [-0.3, -0.25) is 0 Å². The van der Waals surface area contributed by atoms with Crippen LogP contribution in [-0.4, -0.2) is 17.6 Å². The molecule has 0 spiro atoms. The van der Waals surface area contributed by atoms with Gasteiger partial charge in [0.05, 0.1) is 19.4 Å². The van der Waals surface area contributed by atoms with Crippen molar-refractivity contribution >= 4 is 29.9 Å². The van der Waals surface area contributed by atoms with Gasteiger partial charge in [0, 0.05) is 6.54 Å². The molecule has 0 saturated heterocycles. The topological polar surface area (TPSA) is 69.8 Å². The van der Waals surface area contributed by atoms with Crippen molar-refractivity contribution < 1.29 is 9.52 Å². The molecule has 1 heterocycles. The quantitative estimate of drug-likeness (QED) is 0.410. The Bertz CT molecular complexity index is 556. The fourth-order valence-electron chi connectivity index (χ4n) is 1.75. The molecular weight excluding hydrogens is 381 g/mol. The van der Waals surface area contributed by atoms with Gasteiger partial charge in [-0.2, -0.15) is 0 Å². The Morgan fingerprint density at radius 2 is 2.10 bits per heavy atom. The van der Waals surface area contributed by atoms with Crippen LogP contribution in [0.4, 0.5) is 0 Å². The van der Waals surface area contributed by atoms with Crippen LogP contribution in [0.2, 0.25) is 0 Å². The number of benzene rings is 1. The van der Waals surface area contributed by atoms with Crippen molar-refractivity contribution in [1.82, 2.24) is 10.6 Å². The van der Waals surface area contributed by atoms with Crippen LogP contribution in [0.5, 0.6) is 5.75 Å². The molecule has 21 heavy (non-hydrogen) atoms. The molecule has 114 valence electrons. The third-order valence-corrected chi connectivity index (χ3v) is 2.68. The Hall–Kier alpha value is -1.70. The Kier molecular flexibility index (Phi) is 7.66. The number of nitrogens with one attached hydrogen (secondary N) is 2. The van der Waals surface area contributed by atoms with Gasteiger partial charge >= 0.3 is 0 Å². The number of hydrogen-bond acceptors (Lipinski definition) is 3. The molecule has 0 fully saturated rings. The summed E-state index contributed by atoms with van der Waals surface area (Å²) >= 11 is 0. The Morgan fingerprint density at radius 3 is 2.76 bits per heavy atom. The van der Waals surface area contributed by atoms with E-state index >= 15 is 0 Å². The van der Waals surface area contributed by atoms with Gasteiger partial charge in [0.2, 0.25) is 0 Å². The number of phenols is 1. The maximum atomic E-state index is 9.42. The summed E-state index contributed by atoms with van der Waals surface area (Å²) in [6.07, 6.45) is 1.65. The highest BCUT2D eigenvalue weighted by Crippen LogP contribution is 2.11. The van der Waals surface area contributed by atoms with Gasteiger partial charge < -0.3 is 20.2 Å². The van der Waals surface area contributed by atoms with Crippen LogP contribution in [0.3, 0.4) is 0 Å². The van der Waals surface area contributed by atoms with Crippen LogP contribution < -0.4 is 10.6 Å². The normalized spacial score (nSPS) is 10.8. The van der Waals surface area contributed by atoms with Gasteiger partial charge in [-0.1, -0.05) is 12.1 Å². The lowest BCUT2D eigenvalue weighted by Crippen LogP contribution is -2.36. The first-order valence-corrected chi connectivity index (χ1v) is 6.60. The number of halogens is 1. The number of nitrogens with zero attached hydrogens (tertiary/aromatic N) is 1. The molecular formula is C15H20IN3O2. The van der Waals surface area contributed by atoms with Crippen LogP contribution in [0.25, 0.3) is 0 Å². The minimum absolute atomic E-state index is 0. The maximum Gasteiger partial charge on any atom is 0.191 e. The Labute approximate surface area is 141 Å². The van der Waals surface area contributed by atoms with Crippen molar-refractivity contribution in [2.75, 3.05) is 6.54 Å². The smallest absolute Gasteiger partial charge is 0.191 e. The predicted octanol–water partition coefficient (Wildman–Crippen LogP) is 2.86. The molecule has 3 N–H and O–H groups in total. The third-order valence-electron chi connectivity index (χ3n) is 2.68. The van der Waals surface area contributed by atoms with Crippen LogP contribution in [0.15, 0.2) is 52.1 Å². The Balaban J connectivity index is 0.00000220. The molecule has 2 rings (SSSR count). The van der Waals surface area contributed by atoms with Crippen molar-refractivity contribution in [2.24, 2.45) is 4.99 Å². The average molecular weight is 401 g/mol. The summed E-state index contributed by atoms with van der Waals surface area (Å²) in [5.74, 6) is 1.83. The second-order valence-electron chi connectivity index (χ2n) is 4.30. The zero-order chi connectivity index (χ0) is 14.2. The lowest BCUT2D eigenvalue weighted by molar-refractivity contribution is 0.474. The summed E-state index contributed by atoms with van der Waals surface area (Å²) in [7, 11) is 0. The molecule has 2 aromatic rings. The molecule has 0 atom stereocenters. The van der Waals surface area contributed by atoms with Gasteiger partial charge in [-0.05, 0) is 36.8 Å². The summed E-state index contributed by atoms with van der Waals surface area (Å²) in [5, 5.41) is 15.8. The first-order valence-electron chi connectivity index (χ1n) is 6.60. The number of phenolic OH excluding ortho intramolecular Hbond substituents is 1. The van der Waals surface area contributed by atoms with E-state index < -0.39 is 0 Å². The summed E-state index contributed by atoms with van der Waals surface area (Å²) in [6.45, 7) is 3.88. The van der Waals surface area contributed by atoms with Crippen LogP contribution in [-0.2, 0) is 13.1 Å². The third kappa shape index (κ3) is 6.07. The minimum Gasteiger partial charge on any atom is -0.508 e. The number of aromatic hydroxyl groups is 1. The minimum atomic E-state index is 0. The first kappa shape index (κ1) is 17.4. The number of furan rings is 1. The lowest BCUT2D eigenvalue weighted by Gasteiger charge is -2.10. The second kappa shape index (κ2) is 9.28. The predicted molar refractivity (Wildman–Crippen MR) is 93.9 cm³/mol. The number of guanidine groups is 1. The van der Waals surface area contributed by atoms with E-state index in [4.69, 9.17) is 4.42 Å². The molecule has 0 amide bonds. The SMILES string of the molecule is CCNC(=NCc1cccc(O)c1)NCc1ccco1.I. The zero-order valence-electron chi connectivity index (χ0n) is 11.9. The second-order valence-corrected chi connectivity index (χ2v) is 4.30. The van der Waals surface area contributed by atoms with E-state index in [1.807, 2.05) is 31.2 Å². The molecule has 6 heteroatoms. The van der Waals surface area contributed by atoms with E-state index in [0.717, 1.165) is 17.9 Å². The van der Waals surface area contributed by atoms with Gasteiger partial charge in [-0.15, -0.1) is 24.0 Å². The van der Waals surface area contributed by atoms with Gasteiger partial charge in [0.25, 0.3) is 0 Å². The van der Waals surface area contributed by atoms with Crippen LogP contribution in [0.1, 0.15) is 18.2 Å². The highest BCUT2D eigenvalue weighted by molar-refractivity contribution is 14.0. The first-order chi connectivity index (χ1) is 9.78. The monoisotopic (exact) mass is 401 g/mol. The van der Waals surface area contributed by atoms with Gasteiger partial charge in [0.1, 0.15) is 11.5 Å². The molecule has 0 aliphatic rings. The lowest BCUT2D eigenvalue weighted by atomic mass is 10.2. The summed E-state index contributed by atoms with van der Waals surface area (Å²) in [4.78, 5) is 4.47. The van der Waals surface area contributed by atoms with Gasteiger partial charge in [-0.25, -0.2) is 4.99 Å². The molecule has 5 nitrogen and oxygen atoms in total. The molecule has 0 bridgehead atoms. The number of hydrogen-bond donors (Lipinski definition) is 3. The van der Waals surface area contributed by atoms with E-state index in [2.05, 4.69) is 15.6 Å². The van der Waals surface area contributed by atoms with Crippen molar-refractivity contribution in [3.63, 3.8) is 0 Å². The molecule has 0 aliphatic heterocycles. The zero-order valence-corrected chi connectivity index (χ0v) is 14.2. The standard InChI is InChI=1S/C15H19N3O2.HI/c1-2-16-15(18-11-14-7-4-8-20-14)17-10-12-5-3-6-13(19)9-12;/h3-9,19H,2,10-11H2,1H3,(H2,16,17,18);1H. The van der Waals surface area contributed by atoms with Gasteiger partial charge in [0.15, 0.2) is 5.96 Å². The van der Waals surface area contributed by atoms with E-state index in [0.29, 0.717) is 19.0 Å². The van der Waals surface area contributed by atoms with Crippen LogP contribution >= 0.6 is 24.0 Å². The fraction of sp³-hybridized carbons (Fsp3) is 0.267.